The minimum absolute atomic E-state index is 0.157. The lowest BCUT2D eigenvalue weighted by Crippen LogP contribution is -2.31. The van der Waals surface area contributed by atoms with Crippen molar-refractivity contribution in [1.82, 2.24) is 9.88 Å². The number of anilines is 1. The average Bonchev–Trinajstić information content (AvgIpc) is 3.16. The molecule has 1 aliphatic heterocycles. The molecule has 0 spiro atoms. The van der Waals surface area contributed by atoms with Gasteiger partial charge in [-0.25, -0.2) is 4.98 Å². The van der Waals surface area contributed by atoms with Crippen LogP contribution in [0.5, 0.6) is 0 Å². The predicted molar refractivity (Wildman–Crippen MR) is 102 cm³/mol. The molecule has 1 fully saturated rings. The normalized spacial score (nSPS) is 16.0. The molecular formula is C16H13N3O2S3. The van der Waals surface area contributed by atoms with Crippen LogP contribution in [0.3, 0.4) is 0 Å². The lowest BCUT2D eigenvalue weighted by atomic mass is 10.2. The topological polar surface area (TPSA) is 62.3 Å². The predicted octanol–water partition coefficient (Wildman–Crippen LogP) is 3.37. The minimum atomic E-state index is -0.189. The van der Waals surface area contributed by atoms with Gasteiger partial charge in [-0.05, 0) is 11.6 Å². The number of carbonyl (C=O) groups excluding carboxylic acids is 2. The molecule has 5 nitrogen and oxygen atoms in total. The van der Waals surface area contributed by atoms with E-state index in [-0.39, 0.29) is 24.8 Å². The van der Waals surface area contributed by atoms with E-state index < -0.39 is 0 Å². The van der Waals surface area contributed by atoms with Gasteiger partial charge in [0.05, 0.1) is 4.91 Å². The Morgan fingerprint density at radius 1 is 1.33 bits per heavy atom. The molecule has 1 aliphatic rings. The average molecular weight is 376 g/mol. The molecule has 24 heavy (non-hydrogen) atoms. The lowest BCUT2D eigenvalue weighted by molar-refractivity contribution is -0.122. The van der Waals surface area contributed by atoms with Crippen molar-refractivity contribution in [3.05, 3.63) is 52.4 Å². The van der Waals surface area contributed by atoms with Gasteiger partial charge < -0.3 is 5.32 Å². The van der Waals surface area contributed by atoms with E-state index in [1.54, 1.807) is 11.6 Å². The summed E-state index contributed by atoms with van der Waals surface area (Å²) in [5.41, 5.74) is 0.944. The van der Waals surface area contributed by atoms with Crippen LogP contribution in [-0.2, 0) is 9.59 Å². The van der Waals surface area contributed by atoms with E-state index >= 15 is 0 Å². The zero-order valence-corrected chi connectivity index (χ0v) is 14.9. The molecule has 2 heterocycles. The number of thiocarbonyl (C=S) groups is 1. The Hall–Kier alpha value is -2.03. The molecule has 1 aromatic carbocycles. The highest BCUT2D eigenvalue weighted by atomic mass is 32.2. The number of benzene rings is 1. The fourth-order valence-corrected chi connectivity index (χ4v) is 3.93. The van der Waals surface area contributed by atoms with Crippen LogP contribution in [0.15, 0.2) is 46.8 Å². The summed E-state index contributed by atoms with van der Waals surface area (Å²) in [6, 6.07) is 9.59. The Kier molecular flexibility index (Phi) is 5.39. The van der Waals surface area contributed by atoms with Gasteiger partial charge in [-0.1, -0.05) is 54.3 Å². The molecule has 1 saturated heterocycles. The lowest BCUT2D eigenvalue weighted by Gasteiger charge is -2.13. The number of carbonyl (C=O) groups is 2. The van der Waals surface area contributed by atoms with Gasteiger partial charge in [-0.3, -0.25) is 14.5 Å². The molecule has 0 atom stereocenters. The minimum Gasteiger partial charge on any atom is -0.302 e. The smallest absolute Gasteiger partial charge is 0.266 e. The summed E-state index contributed by atoms with van der Waals surface area (Å²) >= 11 is 7.87. The fraction of sp³-hybridized carbons (Fsp3) is 0.125. The number of nitrogens with zero attached hydrogens (tertiary/aromatic N) is 2. The maximum absolute atomic E-state index is 12.5. The zero-order chi connectivity index (χ0) is 16.9. The third kappa shape index (κ3) is 4.08. The maximum Gasteiger partial charge on any atom is 0.266 e. The first-order valence-electron chi connectivity index (χ1n) is 7.13. The highest BCUT2D eigenvalue weighted by Gasteiger charge is 2.32. The van der Waals surface area contributed by atoms with Gasteiger partial charge in [-0.15, -0.1) is 11.3 Å². The second kappa shape index (κ2) is 7.69. The molecule has 0 radical (unpaired) electrons. The van der Waals surface area contributed by atoms with E-state index in [4.69, 9.17) is 12.2 Å². The number of aromatic nitrogens is 1. The van der Waals surface area contributed by atoms with Crippen molar-refractivity contribution in [2.75, 3.05) is 11.9 Å². The SMILES string of the molecule is O=C(CCN1C(=O)/C(=C\c2ccccc2)SC1=S)Nc1nccs1. The number of rotatable bonds is 5. The van der Waals surface area contributed by atoms with E-state index in [0.29, 0.717) is 14.4 Å². The van der Waals surface area contributed by atoms with Crippen LogP contribution in [0.4, 0.5) is 5.13 Å². The van der Waals surface area contributed by atoms with E-state index in [9.17, 15) is 9.59 Å². The Bertz CT molecular complexity index is 788. The van der Waals surface area contributed by atoms with Crippen LogP contribution >= 0.6 is 35.3 Å². The first-order valence-corrected chi connectivity index (χ1v) is 9.24. The Balaban J connectivity index is 1.60. The Labute approximate surface area is 152 Å². The van der Waals surface area contributed by atoms with Gasteiger partial charge in [-0.2, -0.15) is 0 Å². The molecule has 1 aromatic heterocycles. The molecular weight excluding hydrogens is 362 g/mol. The largest absolute Gasteiger partial charge is 0.302 e. The monoisotopic (exact) mass is 375 g/mol. The molecule has 8 heteroatoms. The van der Waals surface area contributed by atoms with Gasteiger partial charge in [0, 0.05) is 24.5 Å². The van der Waals surface area contributed by atoms with Crippen LogP contribution in [0, 0.1) is 0 Å². The van der Waals surface area contributed by atoms with Gasteiger partial charge in [0.1, 0.15) is 4.32 Å². The summed E-state index contributed by atoms with van der Waals surface area (Å²) in [6.45, 7) is 0.258. The van der Waals surface area contributed by atoms with Gasteiger partial charge in [0.15, 0.2) is 5.13 Å². The first-order chi connectivity index (χ1) is 11.6. The highest BCUT2D eigenvalue weighted by molar-refractivity contribution is 8.26. The van der Waals surface area contributed by atoms with Gasteiger partial charge >= 0.3 is 0 Å². The highest BCUT2D eigenvalue weighted by Crippen LogP contribution is 2.32. The quantitative estimate of drug-likeness (QED) is 0.641. The maximum atomic E-state index is 12.5. The number of thioether (sulfide) groups is 1. The zero-order valence-electron chi connectivity index (χ0n) is 12.5. The number of hydrogen-bond acceptors (Lipinski definition) is 6. The summed E-state index contributed by atoms with van der Waals surface area (Å²) < 4.78 is 0.476. The number of nitrogens with one attached hydrogen (secondary N) is 1. The van der Waals surface area contributed by atoms with Gasteiger partial charge in [0.25, 0.3) is 5.91 Å². The summed E-state index contributed by atoms with van der Waals surface area (Å²) in [6.07, 6.45) is 3.61. The van der Waals surface area contributed by atoms with Crippen molar-refractivity contribution in [3.63, 3.8) is 0 Å². The Morgan fingerprint density at radius 3 is 2.83 bits per heavy atom. The van der Waals surface area contributed by atoms with E-state index in [1.807, 2.05) is 36.4 Å². The van der Waals surface area contributed by atoms with Crippen molar-refractivity contribution in [2.45, 2.75) is 6.42 Å². The molecule has 1 N–H and O–H groups in total. The number of amides is 2. The van der Waals surface area contributed by atoms with Crippen molar-refractivity contribution < 1.29 is 9.59 Å². The molecule has 0 unspecified atom stereocenters. The van der Waals surface area contributed by atoms with Crippen LogP contribution in [0.2, 0.25) is 0 Å². The molecule has 0 aliphatic carbocycles. The Morgan fingerprint density at radius 2 is 2.12 bits per heavy atom. The number of thiazole rings is 1. The van der Waals surface area contributed by atoms with Crippen molar-refractivity contribution in [2.24, 2.45) is 0 Å². The van der Waals surface area contributed by atoms with E-state index in [1.165, 1.54) is 28.0 Å². The molecule has 3 rings (SSSR count). The van der Waals surface area contributed by atoms with Crippen molar-refractivity contribution >= 4 is 62.7 Å². The van der Waals surface area contributed by atoms with Crippen LogP contribution in [0.25, 0.3) is 6.08 Å². The summed E-state index contributed by atoms with van der Waals surface area (Å²) in [7, 11) is 0. The molecule has 2 amide bonds. The third-order valence-corrected chi connectivity index (χ3v) is 5.28. The van der Waals surface area contributed by atoms with Crippen molar-refractivity contribution in [3.8, 4) is 0 Å². The molecule has 0 saturated carbocycles. The van der Waals surface area contributed by atoms with Crippen LogP contribution in [0.1, 0.15) is 12.0 Å². The second-order valence-corrected chi connectivity index (χ2v) is 7.45. The van der Waals surface area contributed by atoms with Crippen LogP contribution < -0.4 is 5.32 Å². The summed E-state index contributed by atoms with van der Waals surface area (Å²) in [4.78, 5) is 30.4. The third-order valence-electron chi connectivity index (χ3n) is 3.21. The summed E-state index contributed by atoms with van der Waals surface area (Å²) in [5.74, 6) is -0.345. The first kappa shape index (κ1) is 16.8. The molecule has 2 aromatic rings. The van der Waals surface area contributed by atoms with Crippen molar-refractivity contribution in [1.29, 1.82) is 0 Å². The summed E-state index contributed by atoms with van der Waals surface area (Å²) in [5, 5.41) is 5.03. The molecule has 0 bridgehead atoms. The van der Waals surface area contributed by atoms with E-state index in [2.05, 4.69) is 10.3 Å². The number of hydrogen-bond donors (Lipinski definition) is 1. The molecule has 122 valence electrons. The standard InChI is InChI=1S/C16H13N3O2S3/c20-13(18-15-17-7-9-23-15)6-8-19-14(21)12(24-16(19)22)10-11-4-2-1-3-5-11/h1-5,7,9-10H,6,8H2,(H,17,18,20)/b12-10+. The fourth-order valence-electron chi connectivity index (χ4n) is 2.07. The van der Waals surface area contributed by atoms with Crippen LogP contribution in [-0.4, -0.2) is 32.6 Å². The van der Waals surface area contributed by atoms with E-state index in [0.717, 1.165) is 5.56 Å². The second-order valence-electron chi connectivity index (χ2n) is 4.88. The van der Waals surface area contributed by atoms with Gasteiger partial charge in [0.2, 0.25) is 5.91 Å².